The maximum absolute atomic E-state index is 6.09. The van der Waals surface area contributed by atoms with E-state index in [9.17, 15) is 0 Å². The SMILES string of the molecule is CN1CC(N(C)C)Cc2ccc(OCc3ccc(-c4ccccc4)cc3)cc21. The largest absolute Gasteiger partial charge is 0.489 e. The molecule has 4 rings (SSSR count). The second-order valence-electron chi connectivity index (χ2n) is 7.84. The molecule has 3 aromatic rings. The molecule has 0 bridgehead atoms. The number of hydrogen-bond acceptors (Lipinski definition) is 3. The lowest BCUT2D eigenvalue weighted by molar-refractivity contribution is 0.287. The lowest BCUT2D eigenvalue weighted by Crippen LogP contribution is -2.44. The van der Waals surface area contributed by atoms with Gasteiger partial charge >= 0.3 is 0 Å². The van der Waals surface area contributed by atoms with Crippen LogP contribution in [0.25, 0.3) is 11.1 Å². The predicted octanol–water partition coefficient (Wildman–Crippen LogP) is 4.86. The molecule has 1 unspecified atom stereocenters. The van der Waals surface area contributed by atoms with E-state index in [-0.39, 0.29) is 0 Å². The van der Waals surface area contributed by atoms with Crippen LogP contribution in [0.15, 0.2) is 72.8 Å². The second-order valence-corrected chi connectivity index (χ2v) is 7.84. The molecule has 0 N–H and O–H groups in total. The topological polar surface area (TPSA) is 15.7 Å². The van der Waals surface area contributed by atoms with Crippen LogP contribution in [0, 0.1) is 0 Å². The van der Waals surface area contributed by atoms with Gasteiger partial charge in [0.15, 0.2) is 0 Å². The first-order valence-electron chi connectivity index (χ1n) is 9.88. The standard InChI is InChI=1S/C25H28N2O/c1-26(2)23-15-22-13-14-24(16-25(22)27(3)17-23)28-18-19-9-11-21(12-10-19)20-7-5-4-6-8-20/h4-14,16,23H,15,17-18H2,1-3H3. The highest BCUT2D eigenvalue weighted by Crippen LogP contribution is 2.31. The summed E-state index contributed by atoms with van der Waals surface area (Å²) in [6.45, 7) is 1.63. The molecule has 0 aliphatic carbocycles. The highest BCUT2D eigenvalue weighted by atomic mass is 16.5. The van der Waals surface area contributed by atoms with E-state index in [1.807, 2.05) is 6.07 Å². The van der Waals surface area contributed by atoms with E-state index >= 15 is 0 Å². The van der Waals surface area contributed by atoms with Crippen LogP contribution in [0.5, 0.6) is 5.75 Å². The minimum absolute atomic E-state index is 0.562. The Hall–Kier alpha value is -2.78. The average molecular weight is 373 g/mol. The average Bonchev–Trinajstić information content (AvgIpc) is 2.73. The fraction of sp³-hybridized carbons (Fsp3) is 0.280. The smallest absolute Gasteiger partial charge is 0.121 e. The Morgan fingerprint density at radius 1 is 0.929 bits per heavy atom. The molecule has 0 spiro atoms. The van der Waals surface area contributed by atoms with Gasteiger partial charge in [0, 0.05) is 31.4 Å². The molecular formula is C25H28N2O. The zero-order valence-electron chi connectivity index (χ0n) is 16.9. The molecule has 0 aromatic heterocycles. The molecule has 0 saturated carbocycles. The molecule has 3 heteroatoms. The van der Waals surface area contributed by atoms with E-state index in [2.05, 4.69) is 97.7 Å². The van der Waals surface area contributed by atoms with Gasteiger partial charge in [0.1, 0.15) is 12.4 Å². The van der Waals surface area contributed by atoms with E-state index < -0.39 is 0 Å². The van der Waals surface area contributed by atoms with Crippen LogP contribution in [0.3, 0.4) is 0 Å². The molecule has 1 atom stereocenters. The number of benzene rings is 3. The number of rotatable bonds is 5. The van der Waals surface area contributed by atoms with Gasteiger partial charge in [-0.1, -0.05) is 60.7 Å². The second kappa shape index (κ2) is 8.07. The lowest BCUT2D eigenvalue weighted by Gasteiger charge is -2.36. The summed E-state index contributed by atoms with van der Waals surface area (Å²) in [6, 6.07) is 26.1. The van der Waals surface area contributed by atoms with Crippen molar-refractivity contribution < 1.29 is 4.74 Å². The molecule has 0 fully saturated rings. The van der Waals surface area contributed by atoms with Crippen LogP contribution in [0.2, 0.25) is 0 Å². The molecule has 0 amide bonds. The van der Waals surface area contributed by atoms with E-state index in [4.69, 9.17) is 4.74 Å². The van der Waals surface area contributed by atoms with Gasteiger partial charge in [-0.3, -0.25) is 0 Å². The van der Waals surface area contributed by atoms with E-state index in [0.29, 0.717) is 12.6 Å². The first-order chi connectivity index (χ1) is 13.6. The van der Waals surface area contributed by atoms with E-state index in [0.717, 1.165) is 18.7 Å². The third-order valence-electron chi connectivity index (χ3n) is 5.61. The van der Waals surface area contributed by atoms with Gasteiger partial charge in [-0.15, -0.1) is 0 Å². The van der Waals surface area contributed by atoms with Crippen molar-refractivity contribution in [2.75, 3.05) is 32.6 Å². The van der Waals surface area contributed by atoms with Crippen molar-refractivity contribution in [1.82, 2.24) is 4.90 Å². The van der Waals surface area contributed by atoms with Crippen LogP contribution in [-0.4, -0.2) is 38.6 Å². The Morgan fingerprint density at radius 2 is 1.64 bits per heavy atom. The van der Waals surface area contributed by atoms with Gasteiger partial charge in [-0.25, -0.2) is 0 Å². The normalized spacial score (nSPS) is 16.1. The van der Waals surface area contributed by atoms with Crippen molar-refractivity contribution in [3.05, 3.63) is 83.9 Å². The molecular weight excluding hydrogens is 344 g/mol. The van der Waals surface area contributed by atoms with Crippen LogP contribution in [-0.2, 0) is 13.0 Å². The molecule has 144 valence electrons. The van der Waals surface area contributed by atoms with Crippen molar-refractivity contribution in [3.63, 3.8) is 0 Å². The molecule has 0 radical (unpaired) electrons. The van der Waals surface area contributed by atoms with Crippen LogP contribution in [0.1, 0.15) is 11.1 Å². The van der Waals surface area contributed by atoms with Gasteiger partial charge in [-0.05, 0) is 48.8 Å². The fourth-order valence-corrected chi connectivity index (χ4v) is 3.83. The molecule has 28 heavy (non-hydrogen) atoms. The first kappa shape index (κ1) is 18.6. The third kappa shape index (κ3) is 4.05. The van der Waals surface area contributed by atoms with Crippen molar-refractivity contribution in [2.24, 2.45) is 0 Å². The molecule has 1 aliphatic rings. The zero-order chi connectivity index (χ0) is 19.5. The molecule has 1 aliphatic heterocycles. The van der Waals surface area contributed by atoms with Gasteiger partial charge in [0.05, 0.1) is 0 Å². The Kier molecular flexibility index (Phi) is 5.36. The van der Waals surface area contributed by atoms with Crippen LogP contribution >= 0.6 is 0 Å². The minimum atomic E-state index is 0.562. The van der Waals surface area contributed by atoms with Gasteiger partial charge in [-0.2, -0.15) is 0 Å². The Labute approximate surface area is 168 Å². The Morgan fingerprint density at radius 3 is 2.36 bits per heavy atom. The number of likely N-dealkylation sites (N-methyl/N-ethyl adjacent to an activating group) is 2. The number of ether oxygens (including phenoxy) is 1. The molecule has 0 saturated heterocycles. The third-order valence-corrected chi connectivity index (χ3v) is 5.61. The highest BCUT2D eigenvalue weighted by molar-refractivity contribution is 5.63. The maximum Gasteiger partial charge on any atom is 0.121 e. The summed E-state index contributed by atoms with van der Waals surface area (Å²) in [7, 11) is 6.48. The molecule has 3 nitrogen and oxygen atoms in total. The minimum Gasteiger partial charge on any atom is -0.489 e. The van der Waals surface area contributed by atoms with E-state index in [1.54, 1.807) is 0 Å². The van der Waals surface area contributed by atoms with Crippen LogP contribution in [0.4, 0.5) is 5.69 Å². The van der Waals surface area contributed by atoms with Gasteiger partial charge in [0.25, 0.3) is 0 Å². The van der Waals surface area contributed by atoms with Crippen LogP contribution < -0.4 is 9.64 Å². The van der Waals surface area contributed by atoms with Crippen molar-refractivity contribution in [3.8, 4) is 16.9 Å². The number of nitrogens with zero attached hydrogens (tertiary/aromatic N) is 2. The number of hydrogen-bond donors (Lipinski definition) is 0. The monoisotopic (exact) mass is 372 g/mol. The molecule has 1 heterocycles. The Balaban J connectivity index is 1.42. The summed E-state index contributed by atoms with van der Waals surface area (Å²) in [5.74, 6) is 0.932. The predicted molar refractivity (Wildman–Crippen MR) is 117 cm³/mol. The number of anilines is 1. The summed E-state index contributed by atoms with van der Waals surface area (Å²) in [4.78, 5) is 4.65. The quantitative estimate of drug-likeness (QED) is 0.636. The number of fused-ring (bicyclic) bond motifs is 1. The summed E-state index contributed by atoms with van der Waals surface area (Å²) in [5.41, 5.74) is 6.33. The summed E-state index contributed by atoms with van der Waals surface area (Å²) in [5, 5.41) is 0. The highest BCUT2D eigenvalue weighted by Gasteiger charge is 2.23. The van der Waals surface area contributed by atoms with Crippen molar-refractivity contribution in [2.45, 2.75) is 19.1 Å². The Bertz CT molecular complexity index is 919. The van der Waals surface area contributed by atoms with Crippen molar-refractivity contribution >= 4 is 5.69 Å². The summed E-state index contributed by atoms with van der Waals surface area (Å²) >= 11 is 0. The summed E-state index contributed by atoms with van der Waals surface area (Å²) < 4.78 is 6.09. The van der Waals surface area contributed by atoms with Gasteiger partial charge < -0.3 is 14.5 Å². The fourth-order valence-electron chi connectivity index (χ4n) is 3.83. The van der Waals surface area contributed by atoms with Gasteiger partial charge in [0.2, 0.25) is 0 Å². The summed E-state index contributed by atoms with van der Waals surface area (Å²) in [6.07, 6.45) is 1.09. The van der Waals surface area contributed by atoms with Crippen molar-refractivity contribution in [1.29, 1.82) is 0 Å². The maximum atomic E-state index is 6.09. The van der Waals surface area contributed by atoms with E-state index in [1.165, 1.54) is 27.9 Å². The lowest BCUT2D eigenvalue weighted by atomic mass is 9.97. The zero-order valence-corrected chi connectivity index (χ0v) is 16.9. The first-order valence-corrected chi connectivity index (χ1v) is 9.88. The molecule has 3 aromatic carbocycles.